The van der Waals surface area contributed by atoms with Gasteiger partial charge in [0.1, 0.15) is 5.75 Å². The number of aryl methyl sites for hydroxylation is 3. The molecule has 1 atom stereocenters. The maximum absolute atomic E-state index is 6.06. The van der Waals surface area contributed by atoms with Crippen LogP contribution in [0.15, 0.2) is 48.5 Å². The van der Waals surface area contributed by atoms with E-state index in [-0.39, 0.29) is 5.92 Å². The van der Waals surface area contributed by atoms with Crippen molar-refractivity contribution >= 4 is 17.1 Å². The average Bonchev–Trinajstić information content (AvgIpc) is 2.68. The molecule has 0 radical (unpaired) electrons. The topological polar surface area (TPSA) is 15.7 Å². The van der Waals surface area contributed by atoms with Crippen LogP contribution in [0.4, 0.5) is 17.1 Å². The maximum Gasteiger partial charge on any atom is 0.148 e. The standard InChI is InChI=1S/C26H30N2O/c1-16-14-17(2)23(18(3)15-16)24-19-10-8-9-11-20(19)28(6)21-12-13-22(27(4)5)26(29-7)25(21)24/h8-15,24H,1-7H3. The van der Waals surface area contributed by atoms with Crippen LogP contribution >= 0.6 is 0 Å². The molecular formula is C26H30N2O. The van der Waals surface area contributed by atoms with Gasteiger partial charge in [0.15, 0.2) is 0 Å². The minimum atomic E-state index is 0.132. The van der Waals surface area contributed by atoms with Crippen LogP contribution in [0.25, 0.3) is 0 Å². The van der Waals surface area contributed by atoms with E-state index < -0.39 is 0 Å². The molecule has 3 nitrogen and oxygen atoms in total. The Hall–Kier alpha value is -2.94. The third-order valence-corrected chi connectivity index (χ3v) is 6.12. The molecule has 1 unspecified atom stereocenters. The minimum Gasteiger partial charge on any atom is -0.494 e. The van der Waals surface area contributed by atoms with Crippen molar-refractivity contribution in [2.75, 3.05) is 38.1 Å². The molecule has 0 saturated heterocycles. The van der Waals surface area contributed by atoms with Crippen molar-refractivity contribution < 1.29 is 4.74 Å². The van der Waals surface area contributed by atoms with Crippen molar-refractivity contribution in [2.45, 2.75) is 26.7 Å². The summed E-state index contributed by atoms with van der Waals surface area (Å²) in [5.41, 5.74) is 11.5. The van der Waals surface area contributed by atoms with Crippen LogP contribution in [0.5, 0.6) is 5.75 Å². The summed E-state index contributed by atoms with van der Waals surface area (Å²) < 4.78 is 6.06. The number of methoxy groups -OCH3 is 1. The largest absolute Gasteiger partial charge is 0.494 e. The number of benzene rings is 3. The summed E-state index contributed by atoms with van der Waals surface area (Å²) in [5, 5.41) is 0. The summed E-state index contributed by atoms with van der Waals surface area (Å²) in [4.78, 5) is 4.42. The lowest BCUT2D eigenvalue weighted by Gasteiger charge is -2.38. The van der Waals surface area contributed by atoms with Crippen LogP contribution in [0.1, 0.15) is 39.3 Å². The van der Waals surface area contributed by atoms with Crippen LogP contribution in [0.3, 0.4) is 0 Å². The number of anilines is 3. The van der Waals surface area contributed by atoms with Gasteiger partial charge >= 0.3 is 0 Å². The SMILES string of the molecule is COc1c(N(C)C)ccc2c1C(c1c(C)cc(C)cc1C)c1ccccc1N2C. The first-order valence-electron chi connectivity index (χ1n) is 10.1. The summed E-state index contributed by atoms with van der Waals surface area (Å²) in [6.07, 6.45) is 0. The van der Waals surface area contributed by atoms with Gasteiger partial charge in [0.2, 0.25) is 0 Å². The Labute approximate surface area is 174 Å². The molecule has 1 heterocycles. The molecule has 3 heteroatoms. The minimum absolute atomic E-state index is 0.132. The predicted octanol–water partition coefficient (Wildman–Crippen LogP) is 5.95. The molecule has 1 aliphatic heterocycles. The normalized spacial score (nSPS) is 15.0. The van der Waals surface area contributed by atoms with E-state index in [1.165, 1.54) is 44.8 Å². The summed E-state index contributed by atoms with van der Waals surface area (Å²) in [6, 6.07) is 17.7. The Bertz CT molecular complexity index is 1060. The van der Waals surface area contributed by atoms with Crippen LogP contribution < -0.4 is 14.5 Å². The predicted molar refractivity (Wildman–Crippen MR) is 123 cm³/mol. The van der Waals surface area contributed by atoms with Crippen LogP contribution in [-0.4, -0.2) is 28.3 Å². The number of nitrogens with zero attached hydrogens (tertiary/aromatic N) is 2. The first-order valence-corrected chi connectivity index (χ1v) is 10.1. The van der Waals surface area contributed by atoms with Crippen molar-refractivity contribution in [3.8, 4) is 5.75 Å². The van der Waals surface area contributed by atoms with E-state index in [0.717, 1.165) is 11.4 Å². The fourth-order valence-corrected chi connectivity index (χ4v) is 4.98. The zero-order valence-corrected chi connectivity index (χ0v) is 18.5. The summed E-state index contributed by atoms with van der Waals surface area (Å²) in [5.74, 6) is 1.09. The van der Waals surface area contributed by atoms with E-state index in [2.05, 4.69) is 100 Å². The van der Waals surface area contributed by atoms with E-state index in [1.807, 2.05) is 0 Å². The lowest BCUT2D eigenvalue weighted by molar-refractivity contribution is 0.409. The Balaban J connectivity index is 2.12. The Morgan fingerprint density at radius 2 is 1.52 bits per heavy atom. The number of hydrogen-bond donors (Lipinski definition) is 0. The second-order valence-electron chi connectivity index (χ2n) is 8.31. The molecule has 1 aliphatic rings. The molecule has 0 saturated carbocycles. The zero-order valence-electron chi connectivity index (χ0n) is 18.5. The third-order valence-electron chi connectivity index (χ3n) is 6.12. The Kier molecular flexibility index (Phi) is 4.77. The van der Waals surface area contributed by atoms with Gasteiger partial charge in [-0.2, -0.15) is 0 Å². The summed E-state index contributed by atoms with van der Waals surface area (Å²) in [7, 11) is 8.08. The smallest absolute Gasteiger partial charge is 0.148 e. The van der Waals surface area contributed by atoms with Crippen LogP contribution in [-0.2, 0) is 0 Å². The number of rotatable bonds is 3. The highest BCUT2D eigenvalue weighted by Gasteiger charge is 2.35. The number of fused-ring (bicyclic) bond motifs is 2. The average molecular weight is 387 g/mol. The van der Waals surface area contributed by atoms with E-state index >= 15 is 0 Å². The second-order valence-corrected chi connectivity index (χ2v) is 8.31. The van der Waals surface area contributed by atoms with Crippen molar-refractivity contribution in [2.24, 2.45) is 0 Å². The van der Waals surface area contributed by atoms with E-state index in [1.54, 1.807) is 7.11 Å². The number of ether oxygens (including phenoxy) is 1. The highest BCUT2D eigenvalue weighted by Crippen LogP contribution is 2.54. The number of hydrogen-bond acceptors (Lipinski definition) is 3. The van der Waals surface area contributed by atoms with Crippen molar-refractivity contribution in [3.05, 3.63) is 81.9 Å². The highest BCUT2D eigenvalue weighted by molar-refractivity contribution is 5.84. The van der Waals surface area contributed by atoms with Crippen molar-refractivity contribution in [1.29, 1.82) is 0 Å². The van der Waals surface area contributed by atoms with Gasteiger partial charge < -0.3 is 14.5 Å². The van der Waals surface area contributed by atoms with Gasteiger partial charge in [-0.25, -0.2) is 0 Å². The van der Waals surface area contributed by atoms with Gasteiger partial charge in [-0.05, 0) is 61.2 Å². The van der Waals surface area contributed by atoms with Crippen molar-refractivity contribution in [1.82, 2.24) is 0 Å². The van der Waals surface area contributed by atoms with Crippen LogP contribution in [0, 0.1) is 20.8 Å². The Morgan fingerprint density at radius 3 is 2.14 bits per heavy atom. The molecule has 3 aromatic rings. The highest BCUT2D eigenvalue weighted by atomic mass is 16.5. The van der Waals surface area contributed by atoms with E-state index in [0.29, 0.717) is 0 Å². The maximum atomic E-state index is 6.06. The molecule has 0 bridgehead atoms. The fourth-order valence-electron chi connectivity index (χ4n) is 4.98. The number of para-hydroxylation sites is 1. The molecule has 0 aliphatic carbocycles. The van der Waals surface area contributed by atoms with Gasteiger partial charge in [0.05, 0.1) is 12.8 Å². The molecule has 0 aromatic heterocycles. The first kappa shape index (κ1) is 19.4. The molecule has 0 fully saturated rings. The molecule has 29 heavy (non-hydrogen) atoms. The molecule has 3 aromatic carbocycles. The molecule has 0 N–H and O–H groups in total. The monoisotopic (exact) mass is 386 g/mol. The summed E-state index contributed by atoms with van der Waals surface area (Å²) >= 11 is 0. The lowest BCUT2D eigenvalue weighted by atomic mass is 9.76. The molecule has 0 amide bonds. The lowest BCUT2D eigenvalue weighted by Crippen LogP contribution is -2.25. The molecule has 0 spiro atoms. The van der Waals surface area contributed by atoms with E-state index in [4.69, 9.17) is 4.74 Å². The van der Waals surface area contributed by atoms with Gasteiger partial charge in [-0.3, -0.25) is 0 Å². The molecular weight excluding hydrogens is 356 g/mol. The van der Waals surface area contributed by atoms with Gasteiger partial charge in [0, 0.05) is 44.0 Å². The van der Waals surface area contributed by atoms with Gasteiger partial charge in [-0.1, -0.05) is 35.9 Å². The molecule has 150 valence electrons. The van der Waals surface area contributed by atoms with Crippen molar-refractivity contribution in [3.63, 3.8) is 0 Å². The Morgan fingerprint density at radius 1 is 0.862 bits per heavy atom. The third kappa shape index (κ3) is 2.96. The second kappa shape index (κ2) is 7.14. The first-order chi connectivity index (χ1) is 13.8. The van der Waals surface area contributed by atoms with Gasteiger partial charge in [0.25, 0.3) is 0 Å². The van der Waals surface area contributed by atoms with Gasteiger partial charge in [-0.15, -0.1) is 0 Å². The molecule has 4 rings (SSSR count). The summed E-state index contributed by atoms with van der Waals surface area (Å²) in [6.45, 7) is 6.64. The van der Waals surface area contributed by atoms with Crippen LogP contribution in [0.2, 0.25) is 0 Å². The zero-order chi connectivity index (χ0) is 20.9. The van der Waals surface area contributed by atoms with E-state index in [9.17, 15) is 0 Å². The quantitative estimate of drug-likeness (QED) is 0.553. The fraction of sp³-hybridized carbons (Fsp3) is 0.308.